The zero-order valence-electron chi connectivity index (χ0n) is 11.9. The first-order valence-electron chi connectivity index (χ1n) is 6.75. The zero-order valence-corrected chi connectivity index (χ0v) is 13.4. The van der Waals surface area contributed by atoms with E-state index < -0.39 is 0 Å². The van der Waals surface area contributed by atoms with Crippen LogP contribution < -0.4 is 10.6 Å². The summed E-state index contributed by atoms with van der Waals surface area (Å²) < 4.78 is 0. The third-order valence-electron chi connectivity index (χ3n) is 2.96. The molecule has 0 saturated heterocycles. The monoisotopic (exact) mass is 346 g/mol. The molecule has 6 nitrogen and oxygen atoms in total. The number of nitrogens with one attached hydrogen (secondary N) is 2. The van der Waals surface area contributed by atoms with Crippen molar-refractivity contribution in [3.63, 3.8) is 0 Å². The molecule has 116 valence electrons. The van der Waals surface area contributed by atoms with Crippen LogP contribution in [-0.4, -0.2) is 20.2 Å². The molecule has 0 spiro atoms. The molecule has 0 saturated carbocycles. The predicted molar refractivity (Wildman–Crippen MR) is 91.1 cm³/mol. The highest BCUT2D eigenvalue weighted by Gasteiger charge is 2.04. The van der Waals surface area contributed by atoms with Crippen molar-refractivity contribution in [2.45, 2.75) is 6.54 Å². The lowest BCUT2D eigenvalue weighted by atomic mass is 10.3. The van der Waals surface area contributed by atoms with Crippen LogP contribution in [-0.2, 0) is 6.54 Å². The fraction of sp³-hybridized carbons (Fsp3) is 0.0667. The van der Waals surface area contributed by atoms with Gasteiger partial charge in [-0.15, -0.1) is 5.10 Å². The van der Waals surface area contributed by atoms with Crippen LogP contribution in [0.2, 0.25) is 10.0 Å². The average Bonchev–Trinajstić information content (AvgIpc) is 2.58. The summed E-state index contributed by atoms with van der Waals surface area (Å²) in [7, 11) is 0. The number of anilines is 3. The van der Waals surface area contributed by atoms with Gasteiger partial charge in [-0.1, -0.05) is 23.2 Å². The highest BCUT2D eigenvalue weighted by atomic mass is 35.5. The first kappa shape index (κ1) is 15.5. The van der Waals surface area contributed by atoms with Crippen LogP contribution in [0.15, 0.2) is 48.9 Å². The van der Waals surface area contributed by atoms with Crippen LogP contribution in [0.4, 0.5) is 17.5 Å². The molecule has 1 aromatic carbocycles. The van der Waals surface area contributed by atoms with Gasteiger partial charge in [0.05, 0.1) is 16.2 Å². The molecule has 2 aromatic heterocycles. The Hall–Kier alpha value is -2.44. The molecule has 2 heterocycles. The lowest BCUT2D eigenvalue weighted by molar-refractivity contribution is 0.965. The Morgan fingerprint density at radius 1 is 1.00 bits per heavy atom. The van der Waals surface area contributed by atoms with E-state index in [4.69, 9.17) is 23.2 Å². The number of hydrogen-bond acceptors (Lipinski definition) is 6. The lowest BCUT2D eigenvalue weighted by Gasteiger charge is -2.08. The maximum absolute atomic E-state index is 5.98. The molecular weight excluding hydrogens is 335 g/mol. The Morgan fingerprint density at radius 3 is 2.61 bits per heavy atom. The van der Waals surface area contributed by atoms with Crippen LogP contribution in [0.25, 0.3) is 0 Å². The van der Waals surface area contributed by atoms with Crippen molar-refractivity contribution in [3.05, 3.63) is 64.5 Å². The van der Waals surface area contributed by atoms with E-state index in [0.29, 0.717) is 28.4 Å². The normalized spacial score (nSPS) is 10.3. The second-order valence-electron chi connectivity index (χ2n) is 4.63. The first-order valence-corrected chi connectivity index (χ1v) is 7.51. The standard InChI is InChI=1S/C15H12Cl2N6/c16-12-2-1-11(7-13(12)17)21-15-22-14(9-20-23-15)19-8-10-3-5-18-6-4-10/h1-7,9H,8H2,(H2,19,21,22,23). The van der Waals surface area contributed by atoms with Gasteiger partial charge in [0, 0.05) is 24.6 Å². The first-order chi connectivity index (χ1) is 11.2. The van der Waals surface area contributed by atoms with Crippen LogP contribution in [0, 0.1) is 0 Å². The van der Waals surface area contributed by atoms with Gasteiger partial charge in [0.25, 0.3) is 0 Å². The zero-order chi connectivity index (χ0) is 16.1. The van der Waals surface area contributed by atoms with Crippen LogP contribution >= 0.6 is 23.2 Å². The van der Waals surface area contributed by atoms with Crippen molar-refractivity contribution >= 4 is 40.7 Å². The Kier molecular flexibility index (Phi) is 4.85. The van der Waals surface area contributed by atoms with E-state index in [-0.39, 0.29) is 0 Å². The van der Waals surface area contributed by atoms with Gasteiger partial charge in [-0.3, -0.25) is 4.98 Å². The minimum atomic E-state index is 0.364. The molecular formula is C15H12Cl2N6. The molecule has 0 amide bonds. The van der Waals surface area contributed by atoms with Gasteiger partial charge < -0.3 is 10.6 Å². The van der Waals surface area contributed by atoms with Gasteiger partial charge >= 0.3 is 0 Å². The van der Waals surface area contributed by atoms with Gasteiger partial charge in [-0.2, -0.15) is 10.1 Å². The lowest BCUT2D eigenvalue weighted by Crippen LogP contribution is -2.05. The average molecular weight is 347 g/mol. The molecule has 0 bridgehead atoms. The Balaban J connectivity index is 1.68. The Morgan fingerprint density at radius 2 is 1.83 bits per heavy atom. The maximum atomic E-state index is 5.98. The second-order valence-corrected chi connectivity index (χ2v) is 5.44. The van der Waals surface area contributed by atoms with E-state index in [2.05, 4.69) is 30.8 Å². The molecule has 0 aliphatic carbocycles. The summed E-state index contributed by atoms with van der Waals surface area (Å²) in [6.45, 7) is 0.618. The third-order valence-corrected chi connectivity index (χ3v) is 3.70. The fourth-order valence-electron chi connectivity index (χ4n) is 1.84. The topological polar surface area (TPSA) is 75.6 Å². The van der Waals surface area contributed by atoms with Crippen molar-refractivity contribution in [3.8, 4) is 0 Å². The SMILES string of the molecule is Clc1ccc(Nc2nncc(NCc3ccncc3)n2)cc1Cl. The largest absolute Gasteiger partial charge is 0.365 e. The minimum absolute atomic E-state index is 0.364. The smallest absolute Gasteiger partial charge is 0.249 e. The van der Waals surface area contributed by atoms with Crippen molar-refractivity contribution in [2.75, 3.05) is 10.6 Å². The summed E-state index contributed by atoms with van der Waals surface area (Å²) in [4.78, 5) is 8.33. The molecule has 8 heteroatoms. The van der Waals surface area contributed by atoms with E-state index >= 15 is 0 Å². The summed E-state index contributed by atoms with van der Waals surface area (Å²) in [5, 5.41) is 15.0. The van der Waals surface area contributed by atoms with Crippen LogP contribution in [0.5, 0.6) is 0 Å². The number of halogens is 2. The third kappa shape index (κ3) is 4.28. The highest BCUT2D eigenvalue weighted by molar-refractivity contribution is 6.42. The molecule has 0 aliphatic heterocycles. The van der Waals surface area contributed by atoms with E-state index in [9.17, 15) is 0 Å². The van der Waals surface area contributed by atoms with Gasteiger partial charge in [0.15, 0.2) is 5.82 Å². The molecule has 23 heavy (non-hydrogen) atoms. The maximum Gasteiger partial charge on any atom is 0.249 e. The summed E-state index contributed by atoms with van der Waals surface area (Å²) in [5.74, 6) is 0.975. The second kappa shape index (κ2) is 7.21. The summed E-state index contributed by atoms with van der Waals surface area (Å²) in [5.41, 5.74) is 1.82. The molecule has 0 unspecified atom stereocenters. The van der Waals surface area contributed by atoms with Gasteiger partial charge in [-0.25, -0.2) is 0 Å². The number of pyridine rings is 1. The number of aromatic nitrogens is 4. The van der Waals surface area contributed by atoms with E-state index in [1.54, 1.807) is 36.8 Å². The number of nitrogens with zero attached hydrogens (tertiary/aromatic N) is 4. The van der Waals surface area contributed by atoms with Crippen molar-refractivity contribution in [2.24, 2.45) is 0 Å². The van der Waals surface area contributed by atoms with Crippen LogP contribution in [0.3, 0.4) is 0 Å². The van der Waals surface area contributed by atoms with E-state index in [1.807, 2.05) is 12.1 Å². The summed E-state index contributed by atoms with van der Waals surface area (Å²) >= 11 is 11.9. The number of benzene rings is 1. The Labute approximate surface area is 142 Å². The fourth-order valence-corrected chi connectivity index (χ4v) is 2.14. The number of rotatable bonds is 5. The van der Waals surface area contributed by atoms with Crippen molar-refractivity contribution in [1.29, 1.82) is 0 Å². The minimum Gasteiger partial charge on any atom is -0.365 e. The van der Waals surface area contributed by atoms with Gasteiger partial charge in [0.1, 0.15) is 0 Å². The van der Waals surface area contributed by atoms with E-state index in [0.717, 1.165) is 11.3 Å². The molecule has 3 aromatic rings. The molecule has 3 rings (SSSR count). The Bertz CT molecular complexity index is 797. The summed E-state index contributed by atoms with van der Waals surface area (Å²) in [6.07, 6.45) is 5.04. The number of hydrogen-bond donors (Lipinski definition) is 2. The molecule has 0 atom stereocenters. The summed E-state index contributed by atoms with van der Waals surface area (Å²) in [6, 6.07) is 9.04. The molecule has 0 aliphatic rings. The van der Waals surface area contributed by atoms with Crippen molar-refractivity contribution < 1.29 is 0 Å². The molecule has 0 fully saturated rings. The van der Waals surface area contributed by atoms with Gasteiger partial charge in [-0.05, 0) is 35.9 Å². The van der Waals surface area contributed by atoms with Gasteiger partial charge in [0.2, 0.25) is 5.95 Å². The molecule has 2 N–H and O–H groups in total. The predicted octanol–water partition coefficient (Wildman–Crippen LogP) is 3.93. The van der Waals surface area contributed by atoms with E-state index in [1.165, 1.54) is 0 Å². The highest BCUT2D eigenvalue weighted by Crippen LogP contribution is 2.26. The molecule has 0 radical (unpaired) electrons. The van der Waals surface area contributed by atoms with Crippen molar-refractivity contribution in [1.82, 2.24) is 20.2 Å². The van der Waals surface area contributed by atoms with Crippen LogP contribution in [0.1, 0.15) is 5.56 Å². The quantitative estimate of drug-likeness (QED) is 0.728.